The number of aryl methyl sites for hydroxylation is 1. The third kappa shape index (κ3) is 5.64. The zero-order chi connectivity index (χ0) is 24.1. The smallest absolute Gasteiger partial charge is 0.293 e. The molecule has 0 bridgehead atoms. The van der Waals surface area contributed by atoms with Crippen LogP contribution in [0.1, 0.15) is 29.2 Å². The molecule has 7 heteroatoms. The Bertz CT molecular complexity index is 1230. The molecule has 0 N–H and O–H groups in total. The molecule has 5 nitrogen and oxygen atoms in total. The molecule has 0 aromatic heterocycles. The van der Waals surface area contributed by atoms with Crippen LogP contribution in [-0.4, -0.2) is 22.7 Å². The second kappa shape index (κ2) is 10.8. The minimum absolute atomic E-state index is 0.236. The highest BCUT2D eigenvalue weighted by atomic mass is 35.5. The molecule has 1 saturated heterocycles. The summed E-state index contributed by atoms with van der Waals surface area (Å²) >= 11 is 7.46. The first-order valence-corrected chi connectivity index (χ1v) is 12.1. The van der Waals surface area contributed by atoms with Crippen molar-refractivity contribution in [3.8, 4) is 11.5 Å². The van der Waals surface area contributed by atoms with Crippen LogP contribution in [0.25, 0.3) is 6.08 Å². The van der Waals surface area contributed by atoms with Crippen LogP contribution in [0.15, 0.2) is 71.6 Å². The standard InChI is InChI=1S/C27H24ClNO4S/c1-3-32-23-14-21(13-22(28)25(23)33-17-20-11-9-18(2)10-12-20)15-24-26(30)29(27(31)34-24)16-19-7-5-4-6-8-19/h4-15H,3,16-17H2,1-2H3/b24-15-. The maximum atomic E-state index is 12.9. The van der Waals surface area contributed by atoms with Gasteiger partial charge in [-0.15, -0.1) is 0 Å². The third-order valence-corrected chi connectivity index (χ3v) is 6.38. The summed E-state index contributed by atoms with van der Waals surface area (Å²) in [6, 6.07) is 21.0. The Morgan fingerprint density at radius 2 is 1.71 bits per heavy atom. The quantitative estimate of drug-likeness (QED) is 0.321. The van der Waals surface area contributed by atoms with Gasteiger partial charge in [-0.05, 0) is 60.5 Å². The van der Waals surface area contributed by atoms with Crippen molar-refractivity contribution < 1.29 is 19.1 Å². The monoisotopic (exact) mass is 493 g/mol. The van der Waals surface area contributed by atoms with Crippen LogP contribution in [0.2, 0.25) is 5.02 Å². The molecule has 0 spiro atoms. The summed E-state index contributed by atoms with van der Waals surface area (Å²) in [4.78, 5) is 27.0. The van der Waals surface area contributed by atoms with Crippen molar-refractivity contribution in [2.45, 2.75) is 27.0 Å². The molecular formula is C27H24ClNO4S. The lowest BCUT2D eigenvalue weighted by atomic mass is 10.1. The molecule has 3 aromatic carbocycles. The van der Waals surface area contributed by atoms with Crippen molar-refractivity contribution >= 4 is 40.6 Å². The molecule has 3 aromatic rings. The number of nitrogens with zero attached hydrogens (tertiary/aromatic N) is 1. The van der Waals surface area contributed by atoms with E-state index in [0.29, 0.717) is 40.2 Å². The fourth-order valence-electron chi connectivity index (χ4n) is 3.47. The fraction of sp³-hybridized carbons (Fsp3) is 0.185. The summed E-state index contributed by atoms with van der Waals surface area (Å²) in [5, 5.41) is 0.0714. The van der Waals surface area contributed by atoms with Crippen molar-refractivity contribution in [2.24, 2.45) is 0 Å². The number of carbonyl (C=O) groups is 2. The van der Waals surface area contributed by atoms with Crippen molar-refractivity contribution in [2.75, 3.05) is 6.61 Å². The van der Waals surface area contributed by atoms with E-state index >= 15 is 0 Å². The van der Waals surface area contributed by atoms with Gasteiger partial charge in [0.2, 0.25) is 0 Å². The average molecular weight is 494 g/mol. The topological polar surface area (TPSA) is 55.8 Å². The molecule has 0 unspecified atom stereocenters. The summed E-state index contributed by atoms with van der Waals surface area (Å²) in [6.07, 6.45) is 1.66. The lowest BCUT2D eigenvalue weighted by molar-refractivity contribution is -0.123. The van der Waals surface area contributed by atoms with Gasteiger partial charge < -0.3 is 9.47 Å². The number of halogens is 1. The minimum atomic E-state index is -0.326. The van der Waals surface area contributed by atoms with Crippen molar-refractivity contribution in [1.29, 1.82) is 0 Å². The summed E-state index contributed by atoms with van der Waals surface area (Å²) in [7, 11) is 0. The van der Waals surface area contributed by atoms with Crippen molar-refractivity contribution in [3.63, 3.8) is 0 Å². The highest BCUT2D eigenvalue weighted by Gasteiger charge is 2.35. The molecule has 1 fully saturated rings. The van der Waals surface area contributed by atoms with Gasteiger partial charge in [-0.1, -0.05) is 71.8 Å². The average Bonchev–Trinajstić information content (AvgIpc) is 3.08. The van der Waals surface area contributed by atoms with E-state index in [4.69, 9.17) is 21.1 Å². The Balaban J connectivity index is 1.55. The minimum Gasteiger partial charge on any atom is -0.490 e. The Morgan fingerprint density at radius 1 is 0.971 bits per heavy atom. The molecular weight excluding hydrogens is 470 g/mol. The van der Waals surface area contributed by atoms with Gasteiger partial charge in [-0.25, -0.2) is 0 Å². The second-order valence-corrected chi connectivity index (χ2v) is 9.19. The number of benzene rings is 3. The van der Waals surface area contributed by atoms with Crippen LogP contribution in [0.4, 0.5) is 4.79 Å². The first-order chi connectivity index (χ1) is 16.4. The van der Waals surface area contributed by atoms with Crippen molar-refractivity contribution in [1.82, 2.24) is 4.90 Å². The largest absolute Gasteiger partial charge is 0.490 e. The van der Waals surface area contributed by atoms with Gasteiger partial charge >= 0.3 is 0 Å². The summed E-state index contributed by atoms with van der Waals surface area (Å²) in [6.45, 7) is 4.91. The van der Waals surface area contributed by atoms with Crippen molar-refractivity contribution in [3.05, 3.63) is 98.9 Å². The molecule has 2 amide bonds. The van der Waals surface area contributed by atoms with Gasteiger partial charge in [0.1, 0.15) is 6.61 Å². The van der Waals surface area contributed by atoms with E-state index in [-0.39, 0.29) is 17.7 Å². The van der Waals surface area contributed by atoms with E-state index in [9.17, 15) is 9.59 Å². The number of rotatable bonds is 8. The van der Waals surface area contributed by atoms with Crippen LogP contribution in [-0.2, 0) is 17.9 Å². The summed E-state index contributed by atoms with van der Waals surface area (Å²) in [5.41, 5.74) is 3.73. The van der Waals surface area contributed by atoms with E-state index in [1.807, 2.05) is 68.4 Å². The molecule has 1 heterocycles. The van der Waals surface area contributed by atoms with E-state index in [2.05, 4.69) is 0 Å². The molecule has 4 rings (SSSR count). The molecule has 34 heavy (non-hydrogen) atoms. The molecule has 1 aliphatic heterocycles. The zero-order valence-corrected chi connectivity index (χ0v) is 20.5. The number of hydrogen-bond donors (Lipinski definition) is 0. The van der Waals surface area contributed by atoms with Crippen LogP contribution >= 0.6 is 23.4 Å². The number of amides is 2. The second-order valence-electron chi connectivity index (χ2n) is 7.79. The summed E-state index contributed by atoms with van der Waals surface area (Å²) < 4.78 is 11.8. The summed E-state index contributed by atoms with van der Waals surface area (Å²) in [5.74, 6) is 0.600. The van der Waals surface area contributed by atoms with Gasteiger partial charge in [0.25, 0.3) is 11.1 Å². The maximum Gasteiger partial charge on any atom is 0.293 e. The first-order valence-electron chi connectivity index (χ1n) is 10.9. The number of hydrogen-bond acceptors (Lipinski definition) is 5. The van der Waals surface area contributed by atoms with Gasteiger partial charge in [0.05, 0.1) is 23.1 Å². The molecule has 0 atom stereocenters. The number of ether oxygens (including phenoxy) is 2. The normalized spacial score (nSPS) is 14.7. The lowest BCUT2D eigenvalue weighted by Gasteiger charge is -2.15. The van der Waals surface area contributed by atoms with Crippen LogP contribution in [0.5, 0.6) is 11.5 Å². The number of thioether (sulfide) groups is 1. The Kier molecular flexibility index (Phi) is 7.60. The van der Waals surface area contributed by atoms with E-state index < -0.39 is 0 Å². The van der Waals surface area contributed by atoms with E-state index in [1.54, 1.807) is 18.2 Å². The lowest BCUT2D eigenvalue weighted by Crippen LogP contribution is -2.27. The Hall–Kier alpha value is -3.22. The maximum absolute atomic E-state index is 12.9. The van der Waals surface area contributed by atoms with Crippen LogP contribution in [0, 0.1) is 6.92 Å². The van der Waals surface area contributed by atoms with Gasteiger partial charge in [0.15, 0.2) is 11.5 Å². The van der Waals surface area contributed by atoms with Crippen LogP contribution in [0.3, 0.4) is 0 Å². The van der Waals surface area contributed by atoms with E-state index in [1.165, 1.54) is 10.5 Å². The fourth-order valence-corrected chi connectivity index (χ4v) is 4.58. The first kappa shape index (κ1) is 23.9. The highest BCUT2D eigenvalue weighted by molar-refractivity contribution is 8.18. The number of carbonyl (C=O) groups excluding carboxylic acids is 2. The number of imide groups is 1. The van der Waals surface area contributed by atoms with Crippen LogP contribution < -0.4 is 9.47 Å². The predicted octanol–water partition coefficient (Wildman–Crippen LogP) is 6.86. The molecule has 0 saturated carbocycles. The van der Waals surface area contributed by atoms with Gasteiger partial charge in [-0.3, -0.25) is 14.5 Å². The predicted molar refractivity (Wildman–Crippen MR) is 136 cm³/mol. The molecule has 0 aliphatic carbocycles. The molecule has 1 aliphatic rings. The zero-order valence-electron chi connectivity index (χ0n) is 18.9. The SMILES string of the molecule is CCOc1cc(/C=C2\SC(=O)N(Cc3ccccc3)C2=O)cc(Cl)c1OCc1ccc(C)cc1. The van der Waals surface area contributed by atoms with E-state index in [0.717, 1.165) is 22.9 Å². The Labute approximate surface area is 208 Å². The highest BCUT2D eigenvalue weighted by Crippen LogP contribution is 2.39. The molecule has 174 valence electrons. The van der Waals surface area contributed by atoms with Gasteiger partial charge in [0, 0.05) is 0 Å². The van der Waals surface area contributed by atoms with Gasteiger partial charge in [-0.2, -0.15) is 0 Å². The molecule has 0 radical (unpaired) electrons. The third-order valence-electron chi connectivity index (χ3n) is 5.19. The Morgan fingerprint density at radius 3 is 2.41 bits per heavy atom.